The highest BCUT2D eigenvalue weighted by molar-refractivity contribution is 6.74. The van der Waals surface area contributed by atoms with E-state index in [0.717, 1.165) is 31.0 Å². The van der Waals surface area contributed by atoms with Crippen molar-refractivity contribution in [2.45, 2.75) is 64.6 Å². The molecule has 1 aliphatic carbocycles. The third-order valence-electron chi connectivity index (χ3n) is 3.94. The average Bonchev–Trinajstić information content (AvgIpc) is 2.79. The Balaban J connectivity index is 2.53. The Bertz CT molecular complexity index is 197. The first-order valence-electron chi connectivity index (χ1n) is 6.40. The Kier molecular flexibility index (Phi) is 4.83. The Labute approximate surface area is 94.5 Å². The lowest BCUT2D eigenvalue weighted by atomic mass is 10.1. The predicted molar refractivity (Wildman–Crippen MR) is 65.2 cm³/mol. The van der Waals surface area contributed by atoms with Gasteiger partial charge in [0.15, 0.2) is 0 Å². The molecule has 0 saturated heterocycles. The van der Waals surface area contributed by atoms with E-state index >= 15 is 0 Å². The highest BCUT2D eigenvalue weighted by Crippen LogP contribution is 2.29. The largest absolute Gasteiger partial charge is 0.519 e. The van der Waals surface area contributed by atoms with Gasteiger partial charge in [0.25, 0.3) is 14.3 Å². The Morgan fingerprint density at radius 3 is 2.00 bits per heavy atom. The molecule has 0 aromatic heterocycles. The molecule has 1 aliphatic rings. The SMILES string of the molecule is CC[Si](CC)(CC)OC(=O)C1CCCC1. The van der Waals surface area contributed by atoms with Crippen LogP contribution in [0.2, 0.25) is 18.1 Å². The van der Waals surface area contributed by atoms with Gasteiger partial charge in [0, 0.05) is 0 Å². The minimum absolute atomic E-state index is 0.115. The molecule has 88 valence electrons. The summed E-state index contributed by atoms with van der Waals surface area (Å²) in [5, 5.41) is 0. The Morgan fingerprint density at radius 2 is 1.60 bits per heavy atom. The second-order valence-corrected chi connectivity index (χ2v) is 9.34. The molecule has 0 aromatic rings. The van der Waals surface area contributed by atoms with E-state index in [1.807, 2.05) is 0 Å². The van der Waals surface area contributed by atoms with Crippen LogP contribution in [0.25, 0.3) is 0 Å². The van der Waals surface area contributed by atoms with Crippen LogP contribution in [0.5, 0.6) is 0 Å². The van der Waals surface area contributed by atoms with Crippen LogP contribution in [-0.4, -0.2) is 14.3 Å². The summed E-state index contributed by atoms with van der Waals surface area (Å²) in [6.45, 7) is 6.50. The average molecular weight is 228 g/mol. The molecule has 0 N–H and O–H groups in total. The van der Waals surface area contributed by atoms with E-state index < -0.39 is 8.32 Å². The van der Waals surface area contributed by atoms with Crippen LogP contribution in [0.4, 0.5) is 0 Å². The molecule has 0 spiro atoms. The van der Waals surface area contributed by atoms with Crippen LogP contribution in [0.15, 0.2) is 0 Å². The molecule has 3 heteroatoms. The Morgan fingerprint density at radius 1 is 1.13 bits per heavy atom. The van der Waals surface area contributed by atoms with Crippen molar-refractivity contribution in [1.82, 2.24) is 0 Å². The van der Waals surface area contributed by atoms with Gasteiger partial charge in [0.05, 0.1) is 5.92 Å². The molecule has 0 heterocycles. The predicted octanol–water partition coefficient (Wildman–Crippen LogP) is 3.73. The molecule has 0 aliphatic heterocycles. The van der Waals surface area contributed by atoms with Crippen molar-refractivity contribution in [3.05, 3.63) is 0 Å². The molecule has 0 bridgehead atoms. The lowest BCUT2D eigenvalue weighted by Crippen LogP contribution is -2.39. The van der Waals surface area contributed by atoms with Crippen molar-refractivity contribution in [3.8, 4) is 0 Å². The van der Waals surface area contributed by atoms with E-state index in [0.29, 0.717) is 0 Å². The summed E-state index contributed by atoms with van der Waals surface area (Å²) in [4.78, 5) is 12.0. The summed E-state index contributed by atoms with van der Waals surface area (Å²) in [5.74, 6) is 0.339. The molecule has 0 atom stereocenters. The molecule has 1 rings (SSSR count). The number of hydrogen-bond acceptors (Lipinski definition) is 2. The second kappa shape index (κ2) is 5.68. The van der Waals surface area contributed by atoms with Gasteiger partial charge in [-0.3, -0.25) is 4.79 Å². The molecule has 0 unspecified atom stereocenters. The van der Waals surface area contributed by atoms with E-state index in [4.69, 9.17) is 4.43 Å². The first-order valence-corrected chi connectivity index (χ1v) is 8.93. The molecule has 2 nitrogen and oxygen atoms in total. The normalized spacial score (nSPS) is 18.1. The fraction of sp³-hybridized carbons (Fsp3) is 0.917. The van der Waals surface area contributed by atoms with Gasteiger partial charge in [-0.15, -0.1) is 0 Å². The Hall–Kier alpha value is -0.313. The van der Waals surface area contributed by atoms with Crippen molar-refractivity contribution in [3.63, 3.8) is 0 Å². The van der Waals surface area contributed by atoms with Crippen LogP contribution >= 0.6 is 0 Å². The first-order chi connectivity index (χ1) is 7.17. The third-order valence-corrected chi connectivity index (χ3v) is 8.44. The van der Waals surface area contributed by atoms with E-state index in [-0.39, 0.29) is 11.9 Å². The van der Waals surface area contributed by atoms with Crippen molar-refractivity contribution in [2.24, 2.45) is 5.92 Å². The molecular weight excluding hydrogens is 204 g/mol. The number of carbonyl (C=O) groups is 1. The summed E-state index contributed by atoms with van der Waals surface area (Å²) < 4.78 is 5.87. The lowest BCUT2D eigenvalue weighted by Gasteiger charge is -2.29. The topological polar surface area (TPSA) is 26.3 Å². The van der Waals surface area contributed by atoms with E-state index in [1.165, 1.54) is 12.8 Å². The number of rotatable bonds is 5. The van der Waals surface area contributed by atoms with Crippen LogP contribution in [0.3, 0.4) is 0 Å². The fourth-order valence-electron chi connectivity index (χ4n) is 2.42. The summed E-state index contributed by atoms with van der Waals surface area (Å²) >= 11 is 0. The molecular formula is C12H24O2Si. The van der Waals surface area contributed by atoms with Crippen molar-refractivity contribution in [2.75, 3.05) is 0 Å². The quantitative estimate of drug-likeness (QED) is 0.670. The molecule has 15 heavy (non-hydrogen) atoms. The molecule has 0 aromatic carbocycles. The number of carbonyl (C=O) groups excluding carboxylic acids is 1. The minimum atomic E-state index is -1.70. The van der Waals surface area contributed by atoms with Gasteiger partial charge >= 0.3 is 0 Å². The zero-order valence-corrected chi connectivity index (χ0v) is 11.3. The first kappa shape index (κ1) is 12.8. The smallest absolute Gasteiger partial charge is 0.295 e. The summed E-state index contributed by atoms with van der Waals surface area (Å²) in [6.07, 6.45) is 4.53. The third kappa shape index (κ3) is 3.07. The maximum Gasteiger partial charge on any atom is 0.295 e. The van der Waals surface area contributed by atoms with Gasteiger partial charge in [0.1, 0.15) is 0 Å². The maximum atomic E-state index is 12.0. The van der Waals surface area contributed by atoms with Gasteiger partial charge in [0.2, 0.25) is 0 Å². The monoisotopic (exact) mass is 228 g/mol. The van der Waals surface area contributed by atoms with Crippen LogP contribution in [-0.2, 0) is 9.22 Å². The molecule has 1 fully saturated rings. The van der Waals surface area contributed by atoms with E-state index in [1.54, 1.807) is 0 Å². The van der Waals surface area contributed by atoms with E-state index in [9.17, 15) is 4.79 Å². The van der Waals surface area contributed by atoms with Crippen LogP contribution in [0.1, 0.15) is 46.5 Å². The lowest BCUT2D eigenvalue weighted by molar-refractivity contribution is -0.139. The summed E-state index contributed by atoms with van der Waals surface area (Å²) in [5.41, 5.74) is 0. The van der Waals surface area contributed by atoms with Crippen molar-refractivity contribution >= 4 is 14.3 Å². The van der Waals surface area contributed by atoms with Gasteiger partial charge in [-0.05, 0) is 31.0 Å². The standard InChI is InChI=1S/C12H24O2Si/c1-4-15(5-2,6-3)14-12(13)11-9-7-8-10-11/h11H,4-10H2,1-3H3. The summed E-state index contributed by atoms with van der Waals surface area (Å²) in [7, 11) is -1.70. The zero-order valence-electron chi connectivity index (χ0n) is 10.3. The van der Waals surface area contributed by atoms with Gasteiger partial charge in [-0.2, -0.15) is 0 Å². The van der Waals surface area contributed by atoms with E-state index in [2.05, 4.69) is 20.8 Å². The molecule has 1 saturated carbocycles. The number of hydrogen-bond donors (Lipinski definition) is 0. The van der Waals surface area contributed by atoms with Crippen molar-refractivity contribution < 1.29 is 9.22 Å². The molecule has 0 amide bonds. The summed E-state index contributed by atoms with van der Waals surface area (Å²) in [6, 6.07) is 3.20. The highest BCUT2D eigenvalue weighted by Gasteiger charge is 2.35. The minimum Gasteiger partial charge on any atom is -0.519 e. The van der Waals surface area contributed by atoms with Gasteiger partial charge in [-0.1, -0.05) is 33.6 Å². The fourth-order valence-corrected chi connectivity index (χ4v) is 4.95. The highest BCUT2D eigenvalue weighted by atomic mass is 28.4. The van der Waals surface area contributed by atoms with Crippen molar-refractivity contribution in [1.29, 1.82) is 0 Å². The maximum absolute atomic E-state index is 12.0. The van der Waals surface area contributed by atoms with Gasteiger partial charge in [-0.25, -0.2) is 0 Å². The zero-order chi connectivity index (χ0) is 11.3. The van der Waals surface area contributed by atoms with Crippen LogP contribution < -0.4 is 0 Å². The van der Waals surface area contributed by atoms with Gasteiger partial charge < -0.3 is 4.43 Å². The molecule has 0 radical (unpaired) electrons. The second-order valence-electron chi connectivity index (χ2n) is 4.65. The van der Waals surface area contributed by atoms with Crippen LogP contribution in [0, 0.1) is 5.92 Å².